The van der Waals surface area contributed by atoms with Gasteiger partial charge in [-0.05, 0) is 43.2 Å². The highest BCUT2D eigenvalue weighted by Gasteiger charge is 2.17. The molecule has 9 heteroatoms. The van der Waals surface area contributed by atoms with Crippen LogP contribution in [-0.4, -0.2) is 57.8 Å². The Hall–Kier alpha value is -3.20. The van der Waals surface area contributed by atoms with Gasteiger partial charge in [-0.3, -0.25) is 4.68 Å². The van der Waals surface area contributed by atoms with E-state index in [4.69, 9.17) is 26.3 Å². The van der Waals surface area contributed by atoms with Crippen LogP contribution in [0.25, 0.3) is 22.2 Å². The standard InChI is InChI=1S/C25H27ClN6O2/c1-31-23-15-17(4-9-20(23)21(30-31)3-2-12-33)22-16-24(27-19-7-5-18(26)6-8-19)29-25(28-22)32-10-13-34-14-11-32/h4-9,15-16,33H,2-3,10-14H2,1H3,(H,27,28,29). The number of morpholine rings is 1. The van der Waals surface area contributed by atoms with Gasteiger partial charge in [0, 0.05) is 54.5 Å². The maximum Gasteiger partial charge on any atom is 0.228 e. The highest BCUT2D eigenvalue weighted by Crippen LogP contribution is 2.29. The van der Waals surface area contributed by atoms with Crippen LogP contribution in [0, 0.1) is 0 Å². The molecule has 4 aromatic rings. The van der Waals surface area contributed by atoms with Crippen molar-refractivity contribution in [2.24, 2.45) is 7.05 Å². The van der Waals surface area contributed by atoms with Gasteiger partial charge in [-0.1, -0.05) is 23.7 Å². The minimum atomic E-state index is 0.158. The number of anilines is 3. The predicted molar refractivity (Wildman–Crippen MR) is 135 cm³/mol. The molecular formula is C25H27ClN6O2. The summed E-state index contributed by atoms with van der Waals surface area (Å²) in [4.78, 5) is 11.9. The molecule has 2 N–H and O–H groups in total. The first-order valence-electron chi connectivity index (χ1n) is 11.4. The van der Waals surface area contributed by atoms with Crippen molar-refractivity contribution in [2.45, 2.75) is 12.8 Å². The molecule has 1 fully saturated rings. The Bertz CT molecular complexity index is 1280. The van der Waals surface area contributed by atoms with E-state index in [2.05, 4.69) is 33.5 Å². The van der Waals surface area contributed by atoms with Crippen molar-refractivity contribution in [1.29, 1.82) is 0 Å². The van der Waals surface area contributed by atoms with Crippen molar-refractivity contribution >= 4 is 40.0 Å². The zero-order valence-electron chi connectivity index (χ0n) is 19.0. The Kier molecular flexibility index (Phi) is 6.62. The van der Waals surface area contributed by atoms with E-state index in [0.29, 0.717) is 36.4 Å². The lowest BCUT2D eigenvalue weighted by molar-refractivity contribution is 0.122. The SMILES string of the molecule is Cn1nc(CCCO)c2ccc(-c3cc(Nc4ccc(Cl)cc4)nc(N4CCOCC4)n3)cc21. The number of nitrogens with zero attached hydrogens (tertiary/aromatic N) is 5. The summed E-state index contributed by atoms with van der Waals surface area (Å²) in [5, 5.41) is 19.0. The maximum atomic E-state index is 9.20. The molecule has 0 radical (unpaired) electrons. The first-order valence-corrected chi connectivity index (χ1v) is 11.8. The number of aliphatic hydroxyl groups is 1. The summed E-state index contributed by atoms with van der Waals surface area (Å²) in [6.07, 6.45) is 1.44. The number of benzene rings is 2. The van der Waals surface area contributed by atoms with Crippen molar-refractivity contribution in [3.63, 3.8) is 0 Å². The van der Waals surface area contributed by atoms with Crippen molar-refractivity contribution in [3.05, 3.63) is 59.2 Å². The molecule has 2 aromatic heterocycles. The van der Waals surface area contributed by atoms with Gasteiger partial charge < -0.3 is 20.1 Å². The monoisotopic (exact) mass is 478 g/mol. The molecule has 0 saturated carbocycles. The van der Waals surface area contributed by atoms with Gasteiger partial charge in [0.05, 0.1) is 30.1 Å². The summed E-state index contributed by atoms with van der Waals surface area (Å²) >= 11 is 6.05. The molecule has 0 bridgehead atoms. The fourth-order valence-corrected chi connectivity index (χ4v) is 4.28. The van der Waals surface area contributed by atoms with Crippen LogP contribution < -0.4 is 10.2 Å². The van der Waals surface area contributed by atoms with E-state index < -0.39 is 0 Å². The van der Waals surface area contributed by atoms with Gasteiger partial charge in [-0.25, -0.2) is 4.98 Å². The van der Waals surface area contributed by atoms with E-state index in [1.165, 1.54) is 0 Å². The number of aliphatic hydroxyl groups excluding tert-OH is 1. The number of hydrogen-bond donors (Lipinski definition) is 2. The fourth-order valence-electron chi connectivity index (χ4n) is 4.16. The third-order valence-electron chi connectivity index (χ3n) is 5.92. The van der Waals surface area contributed by atoms with Crippen LogP contribution in [0.15, 0.2) is 48.5 Å². The fraction of sp³-hybridized carbons (Fsp3) is 0.320. The molecule has 0 spiro atoms. The Morgan fingerprint density at radius 3 is 2.62 bits per heavy atom. The summed E-state index contributed by atoms with van der Waals surface area (Å²) in [7, 11) is 1.95. The largest absolute Gasteiger partial charge is 0.396 e. The van der Waals surface area contributed by atoms with Gasteiger partial charge in [0.25, 0.3) is 0 Å². The number of halogens is 1. The first-order chi connectivity index (χ1) is 16.6. The number of aryl methyl sites for hydroxylation is 2. The van der Waals surface area contributed by atoms with E-state index in [9.17, 15) is 5.11 Å². The molecule has 0 aliphatic carbocycles. The number of ether oxygens (including phenoxy) is 1. The van der Waals surface area contributed by atoms with Crippen LogP contribution in [0.3, 0.4) is 0 Å². The highest BCUT2D eigenvalue weighted by atomic mass is 35.5. The summed E-state index contributed by atoms with van der Waals surface area (Å²) in [6, 6.07) is 15.8. The van der Waals surface area contributed by atoms with Crippen LogP contribution in [0.2, 0.25) is 5.02 Å². The molecule has 1 aliphatic rings. The smallest absolute Gasteiger partial charge is 0.228 e. The number of aromatic nitrogens is 4. The molecule has 1 aliphatic heterocycles. The number of hydrogen-bond acceptors (Lipinski definition) is 7. The van der Waals surface area contributed by atoms with Crippen LogP contribution in [0.1, 0.15) is 12.1 Å². The molecule has 3 heterocycles. The highest BCUT2D eigenvalue weighted by molar-refractivity contribution is 6.30. The lowest BCUT2D eigenvalue weighted by Crippen LogP contribution is -2.37. The third kappa shape index (κ3) is 4.84. The molecule has 176 valence electrons. The molecular weight excluding hydrogens is 452 g/mol. The Morgan fingerprint density at radius 2 is 1.85 bits per heavy atom. The molecule has 5 rings (SSSR count). The van der Waals surface area contributed by atoms with Gasteiger partial charge in [0.15, 0.2) is 0 Å². The van der Waals surface area contributed by atoms with Gasteiger partial charge in [-0.2, -0.15) is 10.1 Å². The number of nitrogens with one attached hydrogen (secondary N) is 1. The zero-order chi connectivity index (χ0) is 23.5. The Morgan fingerprint density at radius 1 is 1.06 bits per heavy atom. The van der Waals surface area contributed by atoms with E-state index in [-0.39, 0.29) is 6.61 Å². The maximum absolute atomic E-state index is 9.20. The molecule has 0 amide bonds. The minimum Gasteiger partial charge on any atom is -0.396 e. The molecule has 8 nitrogen and oxygen atoms in total. The number of rotatable bonds is 7. The number of fused-ring (bicyclic) bond motifs is 1. The second kappa shape index (κ2) is 9.97. The molecule has 34 heavy (non-hydrogen) atoms. The average molecular weight is 479 g/mol. The molecule has 0 atom stereocenters. The topological polar surface area (TPSA) is 88.3 Å². The van der Waals surface area contributed by atoms with E-state index in [0.717, 1.165) is 53.1 Å². The van der Waals surface area contributed by atoms with Crippen LogP contribution in [0.5, 0.6) is 0 Å². The van der Waals surface area contributed by atoms with Crippen molar-refractivity contribution in [3.8, 4) is 11.3 Å². The van der Waals surface area contributed by atoms with Crippen LogP contribution >= 0.6 is 11.6 Å². The second-order valence-corrected chi connectivity index (χ2v) is 8.74. The Labute approximate surface area is 203 Å². The lowest BCUT2D eigenvalue weighted by atomic mass is 10.1. The third-order valence-corrected chi connectivity index (χ3v) is 6.17. The summed E-state index contributed by atoms with van der Waals surface area (Å²) in [5.41, 5.74) is 4.75. The van der Waals surface area contributed by atoms with Crippen molar-refractivity contribution in [2.75, 3.05) is 43.1 Å². The van der Waals surface area contributed by atoms with Gasteiger partial charge in [0.2, 0.25) is 5.95 Å². The zero-order valence-corrected chi connectivity index (χ0v) is 19.8. The van der Waals surface area contributed by atoms with Crippen LogP contribution in [-0.2, 0) is 18.2 Å². The van der Waals surface area contributed by atoms with Crippen LogP contribution in [0.4, 0.5) is 17.5 Å². The summed E-state index contributed by atoms with van der Waals surface area (Å²) < 4.78 is 7.41. The van der Waals surface area contributed by atoms with E-state index >= 15 is 0 Å². The quantitative estimate of drug-likeness (QED) is 0.411. The predicted octanol–water partition coefficient (Wildman–Crippen LogP) is 4.19. The second-order valence-electron chi connectivity index (χ2n) is 8.30. The van der Waals surface area contributed by atoms with E-state index in [1.807, 2.05) is 42.1 Å². The summed E-state index contributed by atoms with van der Waals surface area (Å²) in [6.45, 7) is 2.97. The Balaban J connectivity index is 1.54. The first kappa shape index (κ1) is 22.6. The molecule has 1 saturated heterocycles. The van der Waals surface area contributed by atoms with Crippen molar-refractivity contribution < 1.29 is 9.84 Å². The van der Waals surface area contributed by atoms with Gasteiger partial charge in [0.1, 0.15) is 5.82 Å². The van der Waals surface area contributed by atoms with E-state index in [1.54, 1.807) is 0 Å². The molecule has 0 unspecified atom stereocenters. The summed E-state index contributed by atoms with van der Waals surface area (Å²) in [5.74, 6) is 1.38. The minimum absolute atomic E-state index is 0.158. The van der Waals surface area contributed by atoms with Gasteiger partial charge in [-0.15, -0.1) is 0 Å². The lowest BCUT2D eigenvalue weighted by Gasteiger charge is -2.27. The van der Waals surface area contributed by atoms with Crippen molar-refractivity contribution in [1.82, 2.24) is 19.7 Å². The normalized spacial score (nSPS) is 14.0. The van der Waals surface area contributed by atoms with Gasteiger partial charge >= 0.3 is 0 Å². The average Bonchev–Trinajstić information content (AvgIpc) is 3.19. The molecule has 2 aromatic carbocycles.